The van der Waals surface area contributed by atoms with E-state index in [0.717, 1.165) is 5.56 Å². The highest BCUT2D eigenvalue weighted by molar-refractivity contribution is 9.10. The molecule has 4 heteroatoms. The lowest BCUT2D eigenvalue weighted by atomic mass is 10.2. The van der Waals surface area contributed by atoms with Gasteiger partial charge in [-0.05, 0) is 27.6 Å². The highest BCUT2D eigenvalue weighted by Gasteiger charge is 2.04. The van der Waals surface area contributed by atoms with Crippen LogP contribution in [0.5, 0.6) is 0 Å². The Morgan fingerprint density at radius 1 is 1.62 bits per heavy atom. The number of halogens is 2. The molecule has 1 rings (SSSR count). The van der Waals surface area contributed by atoms with E-state index in [-0.39, 0.29) is 11.7 Å². The van der Waals surface area contributed by atoms with Crippen LogP contribution in [-0.2, 0) is 11.3 Å². The number of carbonyl (C=O) groups excluding carboxylic acids is 1. The largest absolute Gasteiger partial charge is 0.352 e. The van der Waals surface area contributed by atoms with Crippen LogP contribution in [0.25, 0.3) is 0 Å². The van der Waals surface area contributed by atoms with Gasteiger partial charge in [-0.1, -0.05) is 12.1 Å². The number of hydrogen-bond acceptors (Lipinski definition) is 1. The molecule has 0 atom stereocenters. The number of benzene rings is 1. The summed E-state index contributed by atoms with van der Waals surface area (Å²) in [5.74, 6) is -0.445. The summed E-state index contributed by atoms with van der Waals surface area (Å²) < 4.78 is 13.4. The minimum atomic E-state index is -0.317. The normalized spacial score (nSPS) is 9.77. The van der Waals surface area contributed by atoms with E-state index < -0.39 is 0 Å². The van der Waals surface area contributed by atoms with Crippen molar-refractivity contribution in [3.8, 4) is 0 Å². The standard InChI is InChI=1S/C9H9BrFNO/c1-6(13)12-5-7-3-2-4-8(11)9(7)10/h2-4H,5H2,1H3,(H,12,13). The van der Waals surface area contributed by atoms with Crippen molar-refractivity contribution in [1.29, 1.82) is 0 Å². The summed E-state index contributed by atoms with van der Waals surface area (Å²) in [5.41, 5.74) is 0.732. The molecule has 0 unspecified atom stereocenters. The Hall–Kier alpha value is -0.900. The van der Waals surface area contributed by atoms with Gasteiger partial charge in [0.25, 0.3) is 0 Å². The van der Waals surface area contributed by atoms with Crippen LogP contribution < -0.4 is 5.32 Å². The maximum atomic E-state index is 12.9. The van der Waals surface area contributed by atoms with E-state index in [1.165, 1.54) is 13.0 Å². The zero-order valence-corrected chi connectivity index (χ0v) is 8.69. The van der Waals surface area contributed by atoms with Gasteiger partial charge in [0.15, 0.2) is 0 Å². The second kappa shape index (κ2) is 4.37. The molecule has 1 N–H and O–H groups in total. The monoisotopic (exact) mass is 245 g/mol. The number of hydrogen-bond donors (Lipinski definition) is 1. The van der Waals surface area contributed by atoms with Gasteiger partial charge in [0.05, 0.1) is 4.47 Å². The SMILES string of the molecule is CC(=O)NCc1cccc(F)c1Br. The summed E-state index contributed by atoms with van der Waals surface area (Å²) >= 11 is 3.10. The van der Waals surface area contributed by atoms with E-state index in [9.17, 15) is 9.18 Å². The summed E-state index contributed by atoms with van der Waals surface area (Å²) in [5, 5.41) is 2.59. The molecule has 0 aliphatic rings. The van der Waals surface area contributed by atoms with Crippen LogP contribution >= 0.6 is 15.9 Å². The molecule has 1 aromatic carbocycles. The quantitative estimate of drug-likeness (QED) is 0.851. The molecule has 0 saturated carbocycles. The minimum absolute atomic E-state index is 0.129. The molecule has 0 bridgehead atoms. The summed E-state index contributed by atoms with van der Waals surface area (Å²) in [6.07, 6.45) is 0. The van der Waals surface area contributed by atoms with E-state index in [1.807, 2.05) is 0 Å². The molecule has 0 saturated heterocycles. The van der Waals surface area contributed by atoms with Gasteiger partial charge in [0, 0.05) is 13.5 Å². The fourth-order valence-electron chi connectivity index (χ4n) is 0.905. The van der Waals surface area contributed by atoms with Crippen molar-refractivity contribution < 1.29 is 9.18 Å². The summed E-state index contributed by atoms with van der Waals surface area (Å²) in [6, 6.07) is 4.72. The number of amides is 1. The van der Waals surface area contributed by atoms with Crippen molar-refractivity contribution in [3.05, 3.63) is 34.1 Å². The molecule has 13 heavy (non-hydrogen) atoms. The van der Waals surface area contributed by atoms with Crippen molar-refractivity contribution >= 4 is 21.8 Å². The molecular weight excluding hydrogens is 237 g/mol. The van der Waals surface area contributed by atoms with E-state index in [1.54, 1.807) is 12.1 Å². The molecule has 0 spiro atoms. The van der Waals surface area contributed by atoms with Crippen molar-refractivity contribution in [2.75, 3.05) is 0 Å². The van der Waals surface area contributed by atoms with Crippen molar-refractivity contribution in [2.24, 2.45) is 0 Å². The van der Waals surface area contributed by atoms with Crippen LogP contribution in [0.1, 0.15) is 12.5 Å². The van der Waals surface area contributed by atoms with Gasteiger partial charge in [-0.3, -0.25) is 4.79 Å². The maximum Gasteiger partial charge on any atom is 0.217 e. The number of rotatable bonds is 2. The molecule has 0 heterocycles. The van der Waals surface area contributed by atoms with Crippen LogP contribution in [0.15, 0.2) is 22.7 Å². The van der Waals surface area contributed by atoms with Gasteiger partial charge in [-0.2, -0.15) is 0 Å². The van der Waals surface area contributed by atoms with Crippen LogP contribution in [0.2, 0.25) is 0 Å². The second-order valence-corrected chi connectivity index (χ2v) is 3.42. The van der Waals surface area contributed by atoms with Gasteiger partial charge in [0.1, 0.15) is 5.82 Å². The third-order valence-electron chi connectivity index (χ3n) is 1.56. The fourth-order valence-corrected chi connectivity index (χ4v) is 1.31. The Balaban J connectivity index is 2.77. The number of nitrogens with one attached hydrogen (secondary N) is 1. The highest BCUT2D eigenvalue weighted by Crippen LogP contribution is 2.19. The summed E-state index contributed by atoms with van der Waals surface area (Å²) in [7, 11) is 0. The topological polar surface area (TPSA) is 29.1 Å². The Morgan fingerprint density at radius 2 is 2.31 bits per heavy atom. The molecule has 0 aromatic heterocycles. The zero-order valence-electron chi connectivity index (χ0n) is 7.10. The summed E-state index contributed by atoms with van der Waals surface area (Å²) in [4.78, 5) is 10.6. The lowest BCUT2D eigenvalue weighted by Crippen LogP contribution is -2.19. The van der Waals surface area contributed by atoms with Gasteiger partial charge >= 0.3 is 0 Å². The van der Waals surface area contributed by atoms with Gasteiger partial charge in [-0.25, -0.2) is 4.39 Å². The maximum absolute atomic E-state index is 12.9. The van der Waals surface area contributed by atoms with E-state index in [2.05, 4.69) is 21.2 Å². The molecule has 1 amide bonds. The molecule has 1 aromatic rings. The van der Waals surface area contributed by atoms with Crippen molar-refractivity contribution in [3.63, 3.8) is 0 Å². The third kappa shape index (κ3) is 2.81. The smallest absolute Gasteiger partial charge is 0.217 e. The molecule has 70 valence electrons. The first-order chi connectivity index (χ1) is 6.11. The molecule has 0 aliphatic heterocycles. The van der Waals surface area contributed by atoms with E-state index in [0.29, 0.717) is 11.0 Å². The minimum Gasteiger partial charge on any atom is -0.352 e. The molecule has 0 aliphatic carbocycles. The first kappa shape index (κ1) is 10.2. The van der Waals surface area contributed by atoms with Crippen LogP contribution in [-0.4, -0.2) is 5.91 Å². The Bertz CT molecular complexity index is 327. The summed E-state index contributed by atoms with van der Waals surface area (Å²) in [6.45, 7) is 1.76. The van der Waals surface area contributed by atoms with Crippen molar-refractivity contribution in [1.82, 2.24) is 5.32 Å². The van der Waals surface area contributed by atoms with E-state index >= 15 is 0 Å². The van der Waals surface area contributed by atoms with Gasteiger partial charge < -0.3 is 5.32 Å². The van der Waals surface area contributed by atoms with Crippen molar-refractivity contribution in [2.45, 2.75) is 13.5 Å². The molecule has 2 nitrogen and oxygen atoms in total. The predicted molar refractivity (Wildman–Crippen MR) is 51.6 cm³/mol. The first-order valence-corrected chi connectivity index (χ1v) is 4.58. The number of carbonyl (C=O) groups is 1. The van der Waals surface area contributed by atoms with Gasteiger partial charge in [-0.15, -0.1) is 0 Å². The van der Waals surface area contributed by atoms with E-state index in [4.69, 9.17) is 0 Å². The van der Waals surface area contributed by atoms with Crippen LogP contribution in [0.3, 0.4) is 0 Å². The lowest BCUT2D eigenvalue weighted by Gasteiger charge is -2.05. The Kier molecular flexibility index (Phi) is 3.42. The fraction of sp³-hybridized carbons (Fsp3) is 0.222. The third-order valence-corrected chi connectivity index (χ3v) is 2.45. The average molecular weight is 246 g/mol. The average Bonchev–Trinajstić information content (AvgIpc) is 2.07. The second-order valence-electron chi connectivity index (χ2n) is 2.62. The highest BCUT2D eigenvalue weighted by atomic mass is 79.9. The molecule has 0 radical (unpaired) electrons. The van der Waals surface area contributed by atoms with Crippen LogP contribution in [0.4, 0.5) is 4.39 Å². The Labute approximate surface area is 84.3 Å². The lowest BCUT2D eigenvalue weighted by molar-refractivity contribution is -0.119. The molecular formula is C9H9BrFNO. The Morgan fingerprint density at radius 3 is 2.92 bits per heavy atom. The molecule has 0 fully saturated rings. The first-order valence-electron chi connectivity index (χ1n) is 3.78. The zero-order chi connectivity index (χ0) is 9.84. The van der Waals surface area contributed by atoms with Crippen LogP contribution in [0, 0.1) is 5.82 Å². The predicted octanol–water partition coefficient (Wildman–Crippen LogP) is 2.22. The van der Waals surface area contributed by atoms with Gasteiger partial charge in [0.2, 0.25) is 5.91 Å².